The molecule has 1 rings (SSSR count). The molecule has 3 nitrogen and oxygen atoms in total. The first kappa shape index (κ1) is 18.3. The highest BCUT2D eigenvalue weighted by molar-refractivity contribution is 7.99. The van der Waals surface area contributed by atoms with Crippen LogP contribution in [0, 0.1) is 0 Å². The molecule has 1 unspecified atom stereocenters. The van der Waals surface area contributed by atoms with Crippen LogP contribution >= 0.6 is 23.4 Å². The van der Waals surface area contributed by atoms with Gasteiger partial charge in [-0.2, -0.15) is 0 Å². The normalized spacial score (nSPS) is 13.7. The van der Waals surface area contributed by atoms with Crippen molar-refractivity contribution in [3.63, 3.8) is 0 Å². The summed E-state index contributed by atoms with van der Waals surface area (Å²) >= 11 is 7.67. The summed E-state index contributed by atoms with van der Waals surface area (Å²) in [6, 6.07) is 7.76. The van der Waals surface area contributed by atoms with E-state index in [9.17, 15) is 4.79 Å². The zero-order chi connectivity index (χ0) is 15.7. The molecular weight excluding hydrogens is 306 g/mol. The third kappa shape index (κ3) is 6.29. The van der Waals surface area contributed by atoms with Gasteiger partial charge in [0, 0.05) is 15.7 Å². The van der Waals surface area contributed by atoms with Gasteiger partial charge in [0.2, 0.25) is 0 Å². The lowest BCUT2D eigenvalue weighted by atomic mass is 9.99. The van der Waals surface area contributed by atoms with Crippen molar-refractivity contribution >= 4 is 29.3 Å². The van der Waals surface area contributed by atoms with E-state index in [1.165, 1.54) is 0 Å². The molecule has 118 valence electrons. The Bertz CT molecular complexity index is 456. The average molecular weight is 330 g/mol. The van der Waals surface area contributed by atoms with E-state index >= 15 is 0 Å². The number of halogens is 1. The highest BCUT2D eigenvalue weighted by Crippen LogP contribution is 2.25. The SMILES string of the molecule is CCCNC(C)(CCSc1cccc(Cl)c1)C(=O)OCC. The lowest BCUT2D eigenvalue weighted by molar-refractivity contribution is -0.150. The first-order valence-corrected chi connectivity index (χ1v) is 8.68. The molecule has 0 heterocycles. The summed E-state index contributed by atoms with van der Waals surface area (Å²) in [6.07, 6.45) is 1.69. The Morgan fingerprint density at radius 1 is 1.43 bits per heavy atom. The molecule has 0 saturated carbocycles. The molecule has 5 heteroatoms. The Morgan fingerprint density at radius 3 is 2.81 bits per heavy atom. The van der Waals surface area contributed by atoms with Crippen LogP contribution in [0.1, 0.15) is 33.6 Å². The van der Waals surface area contributed by atoms with Crippen molar-refractivity contribution in [3.05, 3.63) is 29.3 Å². The van der Waals surface area contributed by atoms with Gasteiger partial charge in [0.25, 0.3) is 0 Å². The maximum absolute atomic E-state index is 12.2. The predicted octanol–water partition coefficient (Wildman–Crippen LogP) is 4.14. The highest BCUT2D eigenvalue weighted by Gasteiger charge is 2.33. The van der Waals surface area contributed by atoms with Crippen LogP contribution in [0.5, 0.6) is 0 Å². The Kier molecular flexibility index (Phi) is 8.15. The molecule has 0 radical (unpaired) electrons. The minimum Gasteiger partial charge on any atom is -0.465 e. The molecule has 0 aliphatic carbocycles. The Labute approximate surface area is 136 Å². The van der Waals surface area contributed by atoms with E-state index in [1.54, 1.807) is 11.8 Å². The standard InChI is InChI=1S/C16H24ClNO2S/c1-4-10-18-16(3,15(19)20-5-2)9-11-21-14-8-6-7-13(17)12-14/h6-8,12,18H,4-5,9-11H2,1-3H3. The largest absolute Gasteiger partial charge is 0.465 e. The maximum atomic E-state index is 12.2. The van der Waals surface area contributed by atoms with Crippen LogP contribution in [-0.4, -0.2) is 30.4 Å². The van der Waals surface area contributed by atoms with Gasteiger partial charge in [0.15, 0.2) is 0 Å². The quantitative estimate of drug-likeness (QED) is 0.546. The number of benzene rings is 1. The maximum Gasteiger partial charge on any atom is 0.326 e. The van der Waals surface area contributed by atoms with Crippen LogP contribution < -0.4 is 5.32 Å². The second-order valence-corrected chi connectivity index (χ2v) is 6.64. The van der Waals surface area contributed by atoms with Crippen molar-refractivity contribution in [1.29, 1.82) is 0 Å². The first-order chi connectivity index (χ1) is 10.0. The lowest BCUT2D eigenvalue weighted by Crippen LogP contribution is -2.51. The molecule has 1 N–H and O–H groups in total. The van der Waals surface area contributed by atoms with E-state index in [0.29, 0.717) is 13.0 Å². The Hall–Kier alpha value is -0.710. The number of thioether (sulfide) groups is 1. The molecule has 1 aromatic rings. The summed E-state index contributed by atoms with van der Waals surface area (Å²) in [5.74, 6) is 0.650. The zero-order valence-electron chi connectivity index (χ0n) is 12.9. The molecule has 0 amide bonds. The van der Waals surface area contributed by atoms with E-state index in [0.717, 1.165) is 28.6 Å². The molecule has 1 aromatic carbocycles. The Balaban J connectivity index is 2.58. The fraction of sp³-hybridized carbons (Fsp3) is 0.562. The number of hydrogen-bond acceptors (Lipinski definition) is 4. The van der Waals surface area contributed by atoms with Gasteiger partial charge in [-0.25, -0.2) is 0 Å². The molecule has 0 aliphatic heterocycles. The summed E-state index contributed by atoms with van der Waals surface area (Å²) < 4.78 is 5.19. The van der Waals surface area contributed by atoms with Crippen LogP contribution in [0.2, 0.25) is 5.02 Å². The van der Waals surface area contributed by atoms with Gasteiger partial charge in [0.05, 0.1) is 6.61 Å². The summed E-state index contributed by atoms with van der Waals surface area (Å²) in [5, 5.41) is 4.05. The molecule has 0 aromatic heterocycles. The zero-order valence-corrected chi connectivity index (χ0v) is 14.5. The van der Waals surface area contributed by atoms with Crippen molar-refractivity contribution < 1.29 is 9.53 Å². The fourth-order valence-corrected chi connectivity index (χ4v) is 3.27. The predicted molar refractivity (Wildman–Crippen MR) is 90.1 cm³/mol. The van der Waals surface area contributed by atoms with Crippen LogP contribution in [0.3, 0.4) is 0 Å². The van der Waals surface area contributed by atoms with Crippen LogP contribution in [-0.2, 0) is 9.53 Å². The molecule has 21 heavy (non-hydrogen) atoms. The monoisotopic (exact) mass is 329 g/mol. The molecule has 0 spiro atoms. The van der Waals surface area contributed by atoms with Crippen molar-refractivity contribution in [3.8, 4) is 0 Å². The van der Waals surface area contributed by atoms with Crippen molar-refractivity contribution in [2.24, 2.45) is 0 Å². The number of esters is 1. The molecule has 0 saturated heterocycles. The smallest absolute Gasteiger partial charge is 0.326 e. The molecule has 1 atom stereocenters. The van der Waals surface area contributed by atoms with E-state index in [4.69, 9.17) is 16.3 Å². The van der Waals surface area contributed by atoms with E-state index in [-0.39, 0.29) is 5.97 Å². The summed E-state index contributed by atoms with van der Waals surface area (Å²) in [5.41, 5.74) is -0.627. The van der Waals surface area contributed by atoms with Crippen LogP contribution in [0.25, 0.3) is 0 Å². The summed E-state index contributed by atoms with van der Waals surface area (Å²) in [7, 11) is 0. The lowest BCUT2D eigenvalue weighted by Gasteiger charge is -2.28. The number of carbonyl (C=O) groups is 1. The summed E-state index contributed by atoms with van der Waals surface area (Å²) in [4.78, 5) is 13.3. The van der Waals surface area contributed by atoms with Gasteiger partial charge in [-0.3, -0.25) is 4.79 Å². The highest BCUT2D eigenvalue weighted by atomic mass is 35.5. The molecular formula is C16H24ClNO2S. The van der Waals surface area contributed by atoms with Gasteiger partial charge in [-0.15, -0.1) is 11.8 Å². The third-order valence-electron chi connectivity index (χ3n) is 3.16. The van der Waals surface area contributed by atoms with Gasteiger partial charge in [0.1, 0.15) is 5.54 Å². The molecule has 0 aliphatic rings. The minimum absolute atomic E-state index is 0.176. The van der Waals surface area contributed by atoms with Gasteiger partial charge < -0.3 is 10.1 Å². The third-order valence-corrected chi connectivity index (χ3v) is 4.39. The van der Waals surface area contributed by atoms with Gasteiger partial charge >= 0.3 is 5.97 Å². The topological polar surface area (TPSA) is 38.3 Å². The van der Waals surface area contributed by atoms with Crippen molar-refractivity contribution in [2.45, 2.75) is 44.0 Å². The van der Waals surface area contributed by atoms with Gasteiger partial charge in [-0.05, 0) is 51.4 Å². The second-order valence-electron chi connectivity index (χ2n) is 5.04. The van der Waals surface area contributed by atoms with E-state index < -0.39 is 5.54 Å². The number of carbonyl (C=O) groups excluding carboxylic acids is 1. The van der Waals surface area contributed by atoms with Crippen LogP contribution in [0.4, 0.5) is 0 Å². The van der Waals surface area contributed by atoms with E-state index in [1.807, 2.05) is 38.1 Å². The average Bonchev–Trinajstić information content (AvgIpc) is 2.45. The second kappa shape index (κ2) is 9.34. The fourth-order valence-electron chi connectivity index (χ4n) is 1.88. The first-order valence-electron chi connectivity index (χ1n) is 7.32. The number of rotatable bonds is 9. The number of ether oxygens (including phenoxy) is 1. The van der Waals surface area contributed by atoms with Crippen molar-refractivity contribution in [1.82, 2.24) is 5.32 Å². The van der Waals surface area contributed by atoms with Gasteiger partial charge in [-0.1, -0.05) is 24.6 Å². The van der Waals surface area contributed by atoms with E-state index in [2.05, 4.69) is 12.2 Å². The number of nitrogens with one attached hydrogen (secondary N) is 1. The summed E-state index contributed by atoms with van der Waals surface area (Å²) in [6.45, 7) is 7.04. The Morgan fingerprint density at radius 2 is 2.19 bits per heavy atom. The molecule has 0 fully saturated rings. The van der Waals surface area contributed by atoms with Crippen LogP contribution in [0.15, 0.2) is 29.2 Å². The minimum atomic E-state index is -0.627. The van der Waals surface area contributed by atoms with Crippen molar-refractivity contribution in [2.75, 3.05) is 18.9 Å². The molecule has 0 bridgehead atoms. The number of hydrogen-bond donors (Lipinski definition) is 1.